The zero-order valence-electron chi connectivity index (χ0n) is 23.0. The van der Waals surface area contributed by atoms with Gasteiger partial charge in [-0.25, -0.2) is 19.3 Å². The number of imidazole rings is 1. The first-order valence-corrected chi connectivity index (χ1v) is 18.0. The lowest BCUT2D eigenvalue weighted by Crippen LogP contribution is -2.32. The van der Waals surface area contributed by atoms with Gasteiger partial charge in [0.1, 0.15) is 37.8 Å². The van der Waals surface area contributed by atoms with E-state index in [1.165, 1.54) is 41.5 Å². The molecular weight excluding hydrogens is 655 g/mol. The Balaban J connectivity index is 1.16. The Morgan fingerprint density at radius 3 is 2.20 bits per heavy atom. The second-order valence-electron chi connectivity index (χ2n) is 10.1. The number of rotatable bonds is 12. The third kappa shape index (κ3) is 7.58. The molecule has 2 aliphatic rings. The van der Waals surface area contributed by atoms with Crippen molar-refractivity contribution in [2.75, 3.05) is 12.3 Å². The zero-order chi connectivity index (χ0) is 31.8. The predicted octanol–water partition coefficient (Wildman–Crippen LogP) is 1.40. The molecule has 2 aromatic carbocycles. The van der Waals surface area contributed by atoms with E-state index in [1.54, 1.807) is 6.07 Å². The van der Waals surface area contributed by atoms with Crippen LogP contribution in [0.1, 0.15) is 17.4 Å². The number of anilines is 1. The fourth-order valence-electron chi connectivity index (χ4n) is 5.03. The molecule has 2 N–H and O–H groups in total. The third-order valence-corrected chi connectivity index (χ3v) is 11.5. The van der Waals surface area contributed by atoms with Crippen molar-refractivity contribution in [2.45, 2.75) is 43.4 Å². The van der Waals surface area contributed by atoms with Gasteiger partial charge in [0.2, 0.25) is 0 Å². The Bertz CT molecular complexity index is 1800. The summed E-state index contributed by atoms with van der Waals surface area (Å²) in [6, 6.07) is 16.9. The highest BCUT2D eigenvalue weighted by atomic mass is 31.3. The summed E-state index contributed by atoms with van der Waals surface area (Å²) >= 11 is 0. The van der Waals surface area contributed by atoms with Crippen LogP contribution in [0.5, 0.6) is 0 Å². The van der Waals surface area contributed by atoms with Gasteiger partial charge in [-0.15, -0.1) is 0 Å². The Labute approximate surface area is 255 Å². The van der Waals surface area contributed by atoms with Gasteiger partial charge in [0.25, 0.3) is 15.6 Å². The van der Waals surface area contributed by atoms with Crippen LogP contribution in [0.25, 0.3) is 11.2 Å². The van der Waals surface area contributed by atoms with Crippen LogP contribution >= 0.6 is 23.2 Å². The van der Waals surface area contributed by atoms with Crippen LogP contribution in [0.2, 0.25) is 0 Å². The monoisotopic (exact) mass is 680 g/mol. The molecule has 2 aliphatic heterocycles. The van der Waals surface area contributed by atoms with Crippen molar-refractivity contribution in [3.8, 4) is 0 Å². The average molecular weight is 680 g/mol. The van der Waals surface area contributed by atoms with Gasteiger partial charge in [-0.2, -0.15) is 0 Å². The van der Waals surface area contributed by atoms with Crippen LogP contribution in [-0.4, -0.2) is 50.7 Å². The van der Waals surface area contributed by atoms with Crippen molar-refractivity contribution >= 4 is 40.2 Å². The van der Waals surface area contributed by atoms with E-state index in [2.05, 4.69) is 23.6 Å². The fraction of sp³-hybridized carbons (Fsp3) is 0.320. The molecule has 2 saturated heterocycles. The van der Waals surface area contributed by atoms with Crippen molar-refractivity contribution in [2.24, 2.45) is 0 Å². The van der Waals surface area contributed by atoms with Gasteiger partial charge in [-0.3, -0.25) is 18.0 Å². The van der Waals surface area contributed by atoms with Crippen molar-refractivity contribution in [1.82, 2.24) is 19.5 Å². The number of fused-ring (bicyclic) bond motifs is 2. The lowest BCUT2D eigenvalue weighted by Gasteiger charge is -2.35. The number of phosphoric ester groups is 1. The molecular formula is C25H25N5O12P3-3. The quantitative estimate of drug-likeness (QED) is 0.208. The minimum atomic E-state index is -5.95. The van der Waals surface area contributed by atoms with E-state index in [0.29, 0.717) is 17.6 Å². The van der Waals surface area contributed by atoms with Gasteiger partial charge in [-0.1, -0.05) is 60.7 Å². The van der Waals surface area contributed by atoms with Crippen LogP contribution in [0.3, 0.4) is 0 Å². The Morgan fingerprint density at radius 2 is 1.49 bits per heavy atom. The molecule has 45 heavy (non-hydrogen) atoms. The lowest BCUT2D eigenvalue weighted by atomic mass is 10.1. The second kappa shape index (κ2) is 12.7. The summed E-state index contributed by atoms with van der Waals surface area (Å²) in [7, 11) is -16.8. The molecule has 4 heterocycles. The van der Waals surface area contributed by atoms with E-state index < -0.39 is 66.8 Å². The molecule has 0 amide bonds. The number of benzene rings is 2. The zero-order valence-corrected chi connectivity index (χ0v) is 25.7. The molecule has 240 valence electrons. The number of ether oxygens (including phenoxy) is 3. The molecule has 0 bridgehead atoms. The Morgan fingerprint density at radius 1 is 0.822 bits per heavy atom. The molecule has 4 aromatic rings. The van der Waals surface area contributed by atoms with E-state index in [-0.39, 0.29) is 11.4 Å². The standard InChI is InChI=1S/C25H28N5O12P3/c26-23-20-24(28-14-27-23)30(15-29-20)25-22-21(39-19(40-22)11-16-7-3-1-4-8-16)18(38-25)12-37-44(33,34)42-45(35,36)41-43(31,32)13-17-9-5-2-6-10-17/h1-10,14-15,18-19,21-22,25H,11-13H2,(H,31,32)(H,33,34)(H,35,36)(H2,26,27,28)/p-3/t18-,19?,21+,22?,25-/m1/s1. The minimum Gasteiger partial charge on any atom is -0.778 e. The van der Waals surface area contributed by atoms with Crippen LogP contribution in [-0.2, 0) is 53.6 Å². The molecule has 8 atom stereocenters. The van der Waals surface area contributed by atoms with Gasteiger partial charge in [-0.05, 0) is 11.1 Å². The summed E-state index contributed by atoms with van der Waals surface area (Å²) in [5, 5.41) is 0. The highest BCUT2D eigenvalue weighted by Crippen LogP contribution is 2.63. The van der Waals surface area contributed by atoms with Crippen molar-refractivity contribution in [3.05, 3.63) is 84.4 Å². The Hall–Kier alpha value is -2.88. The maximum Gasteiger partial charge on any atom is 0.279 e. The number of nitrogen functional groups attached to an aromatic ring is 1. The van der Waals surface area contributed by atoms with Crippen molar-refractivity contribution < 1.29 is 55.7 Å². The van der Waals surface area contributed by atoms with Gasteiger partial charge in [0, 0.05) is 12.6 Å². The normalized spacial score (nSPS) is 27.0. The van der Waals surface area contributed by atoms with E-state index >= 15 is 0 Å². The summed E-state index contributed by atoms with van der Waals surface area (Å²) in [5.41, 5.74) is 7.64. The van der Waals surface area contributed by atoms with Crippen LogP contribution in [0, 0.1) is 0 Å². The van der Waals surface area contributed by atoms with Gasteiger partial charge in [0.15, 0.2) is 24.0 Å². The highest BCUT2D eigenvalue weighted by molar-refractivity contribution is 7.66. The van der Waals surface area contributed by atoms with E-state index in [4.69, 9.17) is 24.5 Å². The second-order valence-corrected chi connectivity index (χ2v) is 15.0. The number of hydrogen-bond donors (Lipinski definition) is 1. The molecule has 2 aromatic heterocycles. The molecule has 2 fully saturated rings. The van der Waals surface area contributed by atoms with Gasteiger partial charge in [0.05, 0.1) is 12.9 Å². The molecule has 0 radical (unpaired) electrons. The first-order valence-electron chi connectivity index (χ1n) is 13.3. The lowest BCUT2D eigenvalue weighted by molar-refractivity contribution is -0.246. The number of phosphoric acid groups is 2. The Kier molecular flexibility index (Phi) is 9.07. The maximum atomic E-state index is 12.5. The average Bonchev–Trinajstić information content (AvgIpc) is 3.66. The van der Waals surface area contributed by atoms with Gasteiger partial charge >= 0.3 is 0 Å². The molecule has 0 saturated carbocycles. The van der Waals surface area contributed by atoms with Crippen LogP contribution < -0.4 is 20.4 Å². The predicted molar refractivity (Wildman–Crippen MR) is 148 cm³/mol. The topological polar surface area (TPSA) is 245 Å². The smallest absolute Gasteiger partial charge is 0.279 e. The number of aromatic nitrogens is 4. The summed E-state index contributed by atoms with van der Waals surface area (Å²) in [6.07, 6.45) is -2.39. The first-order chi connectivity index (χ1) is 21.4. The minimum absolute atomic E-state index is 0.124. The summed E-state index contributed by atoms with van der Waals surface area (Å²) in [6.45, 7) is -0.789. The van der Waals surface area contributed by atoms with E-state index in [9.17, 15) is 28.4 Å². The SMILES string of the molecule is Nc1ncnc2c1ncn2[C@@H]1O[C@H](COP(=O)([O-])OP(=O)([O-])OP(=O)([O-])Cc2ccccc2)[C@@H]2OC(Cc3ccccc3)OC21. The molecule has 20 heteroatoms. The van der Waals surface area contributed by atoms with Gasteiger partial charge < -0.3 is 43.7 Å². The largest absolute Gasteiger partial charge is 0.778 e. The molecule has 0 aliphatic carbocycles. The van der Waals surface area contributed by atoms with E-state index in [0.717, 1.165) is 5.56 Å². The summed E-state index contributed by atoms with van der Waals surface area (Å²) < 4.78 is 69.9. The molecule has 5 unspecified atom stereocenters. The van der Waals surface area contributed by atoms with Crippen LogP contribution in [0.15, 0.2) is 73.3 Å². The summed E-state index contributed by atoms with van der Waals surface area (Å²) in [5.74, 6) is 0.124. The fourth-order valence-corrected chi connectivity index (χ4v) is 9.02. The summed E-state index contributed by atoms with van der Waals surface area (Å²) in [4.78, 5) is 49.4. The highest BCUT2D eigenvalue weighted by Gasteiger charge is 2.54. The first kappa shape index (κ1) is 32.1. The van der Waals surface area contributed by atoms with E-state index in [1.807, 2.05) is 30.3 Å². The molecule has 17 nitrogen and oxygen atoms in total. The maximum absolute atomic E-state index is 12.5. The number of nitrogens with two attached hydrogens (primary N) is 1. The molecule has 0 spiro atoms. The molecule has 6 rings (SSSR count). The third-order valence-electron chi connectivity index (χ3n) is 6.85. The van der Waals surface area contributed by atoms with Crippen molar-refractivity contribution in [1.29, 1.82) is 0 Å². The number of hydrogen-bond acceptors (Lipinski definition) is 16. The van der Waals surface area contributed by atoms with Crippen molar-refractivity contribution in [3.63, 3.8) is 0 Å². The van der Waals surface area contributed by atoms with Crippen LogP contribution in [0.4, 0.5) is 5.82 Å². The number of nitrogens with zero attached hydrogens (tertiary/aromatic N) is 4.